The van der Waals surface area contributed by atoms with Crippen molar-refractivity contribution in [2.45, 2.75) is 25.3 Å². The van der Waals surface area contributed by atoms with Gasteiger partial charge in [0, 0.05) is 35.3 Å². The number of halogens is 1. The first-order valence-corrected chi connectivity index (χ1v) is 6.90. The lowest BCUT2D eigenvalue weighted by Crippen LogP contribution is -2.30. The second kappa shape index (κ2) is 6.67. The number of hydrogen-bond acceptors (Lipinski definition) is 4. The quantitative estimate of drug-likeness (QED) is 0.644. The van der Waals surface area contributed by atoms with Gasteiger partial charge in [0.05, 0.1) is 4.92 Å². The van der Waals surface area contributed by atoms with E-state index in [-0.39, 0.29) is 22.2 Å². The van der Waals surface area contributed by atoms with Crippen LogP contribution in [0.5, 0.6) is 0 Å². The van der Waals surface area contributed by atoms with E-state index >= 15 is 0 Å². The van der Waals surface area contributed by atoms with Gasteiger partial charge in [-0.25, -0.2) is 0 Å². The maximum absolute atomic E-state index is 11.9. The number of benzene rings is 1. The van der Waals surface area contributed by atoms with E-state index in [9.17, 15) is 14.9 Å². The van der Waals surface area contributed by atoms with Crippen molar-refractivity contribution in [1.82, 2.24) is 10.6 Å². The number of nitro groups is 1. The minimum atomic E-state index is -0.564. The first kappa shape index (κ1) is 14.7. The average Bonchev–Trinajstić information content (AvgIpc) is 2.91. The molecule has 7 heteroatoms. The predicted octanol–water partition coefficient (Wildman–Crippen LogP) is 2.12. The Bertz CT molecular complexity index is 516. The molecule has 2 N–H and O–H groups in total. The zero-order valence-electron chi connectivity index (χ0n) is 10.9. The Morgan fingerprint density at radius 3 is 2.95 bits per heavy atom. The van der Waals surface area contributed by atoms with Crippen LogP contribution in [-0.2, 0) is 0 Å². The van der Waals surface area contributed by atoms with E-state index in [1.54, 1.807) is 0 Å². The van der Waals surface area contributed by atoms with Crippen LogP contribution in [0.15, 0.2) is 18.2 Å². The van der Waals surface area contributed by atoms with Crippen molar-refractivity contribution < 1.29 is 9.72 Å². The zero-order valence-corrected chi connectivity index (χ0v) is 11.7. The molecule has 0 bridgehead atoms. The maximum Gasteiger partial charge on any atom is 0.271 e. The standard InChI is InChI=1S/C13H16ClN3O3/c14-10-6-9(7-12(8-10)17(19)20)13(18)16-5-3-11-2-1-4-15-11/h6-8,11,15H,1-5H2,(H,16,18). The molecule has 0 aliphatic carbocycles. The smallest absolute Gasteiger partial charge is 0.271 e. The normalized spacial score (nSPS) is 17.9. The molecule has 0 radical (unpaired) electrons. The largest absolute Gasteiger partial charge is 0.352 e. The summed E-state index contributed by atoms with van der Waals surface area (Å²) in [7, 11) is 0. The maximum atomic E-state index is 11.9. The van der Waals surface area contributed by atoms with E-state index in [0.717, 1.165) is 19.4 Å². The number of nitro benzene ring substituents is 1. The summed E-state index contributed by atoms with van der Waals surface area (Å²) in [6.45, 7) is 1.57. The molecule has 1 unspecified atom stereocenters. The molecule has 20 heavy (non-hydrogen) atoms. The van der Waals surface area contributed by atoms with Crippen LogP contribution in [0.4, 0.5) is 5.69 Å². The molecular formula is C13H16ClN3O3. The Labute approximate surface area is 121 Å². The minimum Gasteiger partial charge on any atom is -0.352 e. The number of amides is 1. The SMILES string of the molecule is O=C(NCCC1CCCN1)c1cc(Cl)cc([N+](=O)[O-])c1. The number of non-ortho nitro benzene ring substituents is 1. The Morgan fingerprint density at radius 1 is 1.50 bits per heavy atom. The van der Waals surface area contributed by atoms with Crippen LogP contribution in [0.2, 0.25) is 5.02 Å². The van der Waals surface area contributed by atoms with Crippen molar-refractivity contribution in [3.8, 4) is 0 Å². The Morgan fingerprint density at radius 2 is 2.30 bits per heavy atom. The van der Waals surface area contributed by atoms with Gasteiger partial charge in [0.15, 0.2) is 0 Å². The lowest BCUT2D eigenvalue weighted by molar-refractivity contribution is -0.384. The first-order chi connectivity index (χ1) is 9.56. The molecule has 1 fully saturated rings. The molecule has 0 saturated carbocycles. The highest BCUT2D eigenvalue weighted by Gasteiger charge is 2.16. The Hall–Kier alpha value is -1.66. The van der Waals surface area contributed by atoms with Crippen molar-refractivity contribution in [3.05, 3.63) is 38.9 Å². The summed E-state index contributed by atoms with van der Waals surface area (Å²) in [5, 5.41) is 17.0. The van der Waals surface area contributed by atoms with Gasteiger partial charge in [0.2, 0.25) is 0 Å². The van der Waals surface area contributed by atoms with Crippen molar-refractivity contribution >= 4 is 23.2 Å². The molecule has 1 amide bonds. The number of hydrogen-bond donors (Lipinski definition) is 2. The number of carbonyl (C=O) groups is 1. The number of carbonyl (C=O) groups excluding carboxylic acids is 1. The van der Waals surface area contributed by atoms with Gasteiger partial charge in [-0.2, -0.15) is 0 Å². The van der Waals surface area contributed by atoms with Gasteiger partial charge < -0.3 is 10.6 Å². The van der Waals surface area contributed by atoms with E-state index in [0.29, 0.717) is 12.6 Å². The van der Waals surface area contributed by atoms with Gasteiger partial charge in [0.25, 0.3) is 11.6 Å². The zero-order chi connectivity index (χ0) is 14.5. The monoisotopic (exact) mass is 297 g/mol. The summed E-state index contributed by atoms with van der Waals surface area (Å²) in [5.41, 5.74) is 0.0312. The highest BCUT2D eigenvalue weighted by Crippen LogP contribution is 2.20. The van der Waals surface area contributed by atoms with Crippen LogP contribution in [0.25, 0.3) is 0 Å². The van der Waals surface area contributed by atoms with E-state index < -0.39 is 4.92 Å². The molecule has 6 nitrogen and oxygen atoms in total. The molecule has 1 saturated heterocycles. The van der Waals surface area contributed by atoms with E-state index in [2.05, 4.69) is 10.6 Å². The minimum absolute atomic E-state index is 0.180. The molecule has 108 valence electrons. The van der Waals surface area contributed by atoms with Crippen LogP contribution < -0.4 is 10.6 Å². The number of nitrogens with one attached hydrogen (secondary N) is 2. The Balaban J connectivity index is 1.92. The molecule has 0 aromatic heterocycles. The third-order valence-corrected chi connectivity index (χ3v) is 3.51. The number of rotatable bonds is 5. The van der Waals surface area contributed by atoms with Gasteiger partial charge in [-0.15, -0.1) is 0 Å². The highest BCUT2D eigenvalue weighted by atomic mass is 35.5. The predicted molar refractivity (Wildman–Crippen MR) is 76.1 cm³/mol. The van der Waals surface area contributed by atoms with Crippen LogP contribution >= 0.6 is 11.6 Å². The van der Waals surface area contributed by atoms with Gasteiger partial charge >= 0.3 is 0 Å². The summed E-state index contributed by atoms with van der Waals surface area (Å²) >= 11 is 5.78. The molecular weight excluding hydrogens is 282 g/mol. The van der Waals surface area contributed by atoms with Crippen LogP contribution in [0, 0.1) is 10.1 Å². The number of nitrogens with zero attached hydrogens (tertiary/aromatic N) is 1. The van der Waals surface area contributed by atoms with Gasteiger partial charge in [-0.3, -0.25) is 14.9 Å². The summed E-state index contributed by atoms with van der Waals surface area (Å²) in [6, 6.07) is 4.33. The van der Waals surface area contributed by atoms with Crippen molar-refractivity contribution in [3.63, 3.8) is 0 Å². The Kier molecular flexibility index (Phi) is 4.92. The topological polar surface area (TPSA) is 84.3 Å². The lowest BCUT2D eigenvalue weighted by atomic mass is 10.1. The van der Waals surface area contributed by atoms with Crippen molar-refractivity contribution in [2.24, 2.45) is 0 Å². The lowest BCUT2D eigenvalue weighted by Gasteiger charge is -2.10. The molecule has 0 spiro atoms. The molecule has 2 rings (SSSR count). The second-order valence-corrected chi connectivity index (χ2v) is 5.23. The summed E-state index contributed by atoms with van der Waals surface area (Å²) in [6.07, 6.45) is 3.14. The summed E-state index contributed by atoms with van der Waals surface area (Å²) in [5.74, 6) is -0.339. The third-order valence-electron chi connectivity index (χ3n) is 3.30. The third kappa shape index (κ3) is 3.91. The molecule has 1 atom stereocenters. The van der Waals surface area contributed by atoms with E-state index in [4.69, 9.17) is 11.6 Å². The van der Waals surface area contributed by atoms with Crippen molar-refractivity contribution in [2.75, 3.05) is 13.1 Å². The first-order valence-electron chi connectivity index (χ1n) is 6.53. The van der Waals surface area contributed by atoms with Crippen LogP contribution in [0.1, 0.15) is 29.6 Å². The summed E-state index contributed by atoms with van der Waals surface area (Å²) < 4.78 is 0. The second-order valence-electron chi connectivity index (χ2n) is 4.79. The summed E-state index contributed by atoms with van der Waals surface area (Å²) in [4.78, 5) is 22.1. The van der Waals surface area contributed by atoms with Crippen molar-refractivity contribution in [1.29, 1.82) is 0 Å². The van der Waals surface area contributed by atoms with E-state index in [1.165, 1.54) is 24.6 Å². The van der Waals surface area contributed by atoms with Crippen LogP contribution in [-0.4, -0.2) is 30.0 Å². The van der Waals surface area contributed by atoms with Crippen LogP contribution in [0.3, 0.4) is 0 Å². The fraction of sp³-hybridized carbons (Fsp3) is 0.462. The van der Waals surface area contributed by atoms with Gasteiger partial charge in [0.1, 0.15) is 0 Å². The van der Waals surface area contributed by atoms with Gasteiger partial charge in [-0.1, -0.05) is 11.6 Å². The fourth-order valence-electron chi connectivity index (χ4n) is 2.28. The van der Waals surface area contributed by atoms with Gasteiger partial charge in [-0.05, 0) is 31.9 Å². The average molecular weight is 298 g/mol. The molecule has 1 aromatic rings. The molecule has 1 aromatic carbocycles. The highest BCUT2D eigenvalue weighted by molar-refractivity contribution is 6.31. The molecule has 1 aliphatic heterocycles. The molecule has 1 aliphatic rings. The fourth-order valence-corrected chi connectivity index (χ4v) is 2.51. The molecule has 1 heterocycles. The van der Waals surface area contributed by atoms with E-state index in [1.807, 2.05) is 0 Å².